The number of carboxylic acid groups (broad SMARTS) is 2. The molecule has 1 aromatic rings. The summed E-state index contributed by atoms with van der Waals surface area (Å²) in [7, 11) is 1.35. The van der Waals surface area contributed by atoms with Gasteiger partial charge in [0.25, 0.3) is 0 Å². The van der Waals surface area contributed by atoms with E-state index in [0.29, 0.717) is 0 Å². The predicted molar refractivity (Wildman–Crippen MR) is 68.7 cm³/mol. The lowest BCUT2D eigenvalue weighted by atomic mass is 10.2. The van der Waals surface area contributed by atoms with Crippen LogP contribution in [0.25, 0.3) is 0 Å². The molecule has 0 atom stereocenters. The van der Waals surface area contributed by atoms with E-state index in [1.807, 2.05) is 0 Å². The smallest absolute Gasteiger partial charge is 0.356 e. The van der Waals surface area contributed by atoms with Gasteiger partial charge in [-0.15, -0.1) is 0 Å². The Balaban J connectivity index is 3.23. The maximum absolute atomic E-state index is 10.9. The van der Waals surface area contributed by atoms with Crippen molar-refractivity contribution in [3.63, 3.8) is 0 Å². The Labute approximate surface area is 113 Å². The summed E-state index contributed by atoms with van der Waals surface area (Å²) in [5.41, 5.74) is 3.53. The highest BCUT2D eigenvalue weighted by molar-refractivity contribution is 6.00. The molecule has 0 saturated heterocycles. The number of phenolic OH excluding ortho intramolecular Hbond substituents is 1. The van der Waals surface area contributed by atoms with Crippen LogP contribution < -0.4 is 10.5 Å². The molecule has 8 nitrogen and oxygen atoms in total. The second-order valence-electron chi connectivity index (χ2n) is 3.53. The standard InChI is InChI=1S/C12H12N2O6/c1-20-7-4-2-3-6(10(7)15)5-14-9(12(18)19)8(13)11(16)17/h2-5,15H,13H2,1H3,(H,16,17)(H,18,19)/b9-8+,14-5?. The summed E-state index contributed by atoms with van der Waals surface area (Å²) in [4.78, 5) is 25.0. The quantitative estimate of drug-likeness (QED) is 0.444. The number of nitrogens with zero attached hydrogens (tertiary/aromatic N) is 1. The van der Waals surface area contributed by atoms with Crippen LogP contribution in [0.5, 0.6) is 11.5 Å². The van der Waals surface area contributed by atoms with Crippen molar-refractivity contribution in [2.24, 2.45) is 10.7 Å². The van der Waals surface area contributed by atoms with Crippen LogP contribution in [-0.2, 0) is 9.59 Å². The van der Waals surface area contributed by atoms with Gasteiger partial charge in [-0.05, 0) is 12.1 Å². The SMILES string of the molecule is COc1cccc(C=N/C(C(=O)O)=C(/N)C(=O)O)c1O. The van der Waals surface area contributed by atoms with E-state index in [9.17, 15) is 14.7 Å². The van der Waals surface area contributed by atoms with E-state index in [-0.39, 0.29) is 17.1 Å². The molecule has 0 unspecified atom stereocenters. The first-order valence-electron chi connectivity index (χ1n) is 5.24. The van der Waals surface area contributed by atoms with Crippen molar-refractivity contribution in [1.29, 1.82) is 0 Å². The number of methoxy groups -OCH3 is 1. The van der Waals surface area contributed by atoms with Gasteiger partial charge in [-0.1, -0.05) is 6.07 Å². The highest BCUT2D eigenvalue weighted by Crippen LogP contribution is 2.28. The van der Waals surface area contributed by atoms with Gasteiger partial charge in [0.15, 0.2) is 22.9 Å². The molecule has 0 heterocycles. The van der Waals surface area contributed by atoms with Gasteiger partial charge in [-0.2, -0.15) is 0 Å². The first-order valence-corrected chi connectivity index (χ1v) is 5.24. The molecule has 0 aliphatic carbocycles. The van der Waals surface area contributed by atoms with Crippen LogP contribution >= 0.6 is 0 Å². The van der Waals surface area contributed by atoms with Crippen LogP contribution in [0.2, 0.25) is 0 Å². The second-order valence-corrected chi connectivity index (χ2v) is 3.53. The summed E-state index contributed by atoms with van der Waals surface area (Å²) in [6.07, 6.45) is 0.983. The Hall–Kier alpha value is -3.03. The summed E-state index contributed by atoms with van der Waals surface area (Å²) in [5.74, 6) is -3.28. The van der Waals surface area contributed by atoms with E-state index in [1.165, 1.54) is 19.2 Å². The highest BCUT2D eigenvalue weighted by atomic mass is 16.5. The van der Waals surface area contributed by atoms with E-state index >= 15 is 0 Å². The number of hydrogen-bond acceptors (Lipinski definition) is 6. The number of phenols is 1. The number of carbonyl (C=O) groups is 2. The Morgan fingerprint density at radius 3 is 2.45 bits per heavy atom. The van der Waals surface area contributed by atoms with E-state index in [0.717, 1.165) is 6.21 Å². The molecule has 0 spiro atoms. The Morgan fingerprint density at radius 2 is 1.95 bits per heavy atom. The summed E-state index contributed by atoms with van der Waals surface area (Å²) >= 11 is 0. The lowest BCUT2D eigenvalue weighted by Crippen LogP contribution is -2.17. The number of rotatable bonds is 5. The van der Waals surface area contributed by atoms with Crippen molar-refractivity contribution in [2.45, 2.75) is 0 Å². The first-order chi connectivity index (χ1) is 9.38. The minimum Gasteiger partial charge on any atom is -0.504 e. The molecule has 0 fully saturated rings. The molecule has 106 valence electrons. The number of carboxylic acids is 2. The maximum atomic E-state index is 10.9. The van der Waals surface area contributed by atoms with Crippen molar-refractivity contribution in [3.8, 4) is 11.5 Å². The molecular formula is C12H12N2O6. The summed E-state index contributed by atoms with van der Waals surface area (Å²) in [6.45, 7) is 0. The third kappa shape index (κ3) is 3.25. The van der Waals surface area contributed by atoms with E-state index < -0.39 is 23.3 Å². The maximum Gasteiger partial charge on any atom is 0.356 e. The van der Waals surface area contributed by atoms with Gasteiger partial charge in [0.05, 0.1) is 7.11 Å². The molecule has 0 saturated carbocycles. The largest absolute Gasteiger partial charge is 0.504 e. The molecule has 0 aliphatic heterocycles. The Kier molecular flexibility index (Phi) is 4.68. The number of ether oxygens (including phenoxy) is 1. The fraction of sp³-hybridized carbons (Fsp3) is 0.0833. The fourth-order valence-electron chi connectivity index (χ4n) is 1.28. The first kappa shape index (κ1) is 15.0. The van der Waals surface area contributed by atoms with Crippen LogP contribution in [0.3, 0.4) is 0 Å². The van der Waals surface area contributed by atoms with Gasteiger partial charge < -0.3 is 25.8 Å². The number of hydrogen-bond donors (Lipinski definition) is 4. The van der Waals surface area contributed by atoms with Crippen molar-refractivity contribution in [3.05, 3.63) is 35.2 Å². The lowest BCUT2D eigenvalue weighted by molar-refractivity contribution is -0.136. The van der Waals surface area contributed by atoms with Crippen molar-refractivity contribution < 1.29 is 29.6 Å². The second kappa shape index (κ2) is 6.23. The normalized spacial score (nSPS) is 12.1. The number of aliphatic carboxylic acids is 2. The average Bonchev–Trinajstić information content (AvgIpc) is 2.40. The summed E-state index contributed by atoms with van der Waals surface area (Å²) in [6, 6.07) is 4.48. The summed E-state index contributed by atoms with van der Waals surface area (Å²) in [5, 5.41) is 27.2. The van der Waals surface area contributed by atoms with Gasteiger partial charge in [0, 0.05) is 11.8 Å². The minimum absolute atomic E-state index is 0.154. The zero-order chi connectivity index (χ0) is 15.3. The highest BCUT2D eigenvalue weighted by Gasteiger charge is 2.16. The van der Waals surface area contributed by atoms with Crippen LogP contribution in [0.15, 0.2) is 34.6 Å². The van der Waals surface area contributed by atoms with Gasteiger partial charge in [-0.25, -0.2) is 14.6 Å². The van der Waals surface area contributed by atoms with E-state index in [4.69, 9.17) is 20.7 Å². The van der Waals surface area contributed by atoms with Crippen molar-refractivity contribution in [2.75, 3.05) is 7.11 Å². The zero-order valence-electron chi connectivity index (χ0n) is 10.4. The number of aromatic hydroxyl groups is 1. The van der Waals surface area contributed by atoms with Gasteiger partial charge in [0.2, 0.25) is 0 Å². The molecule has 0 amide bonds. The Morgan fingerprint density at radius 1 is 1.30 bits per heavy atom. The van der Waals surface area contributed by atoms with Gasteiger partial charge in [0.1, 0.15) is 0 Å². The van der Waals surface area contributed by atoms with Crippen molar-refractivity contribution in [1.82, 2.24) is 0 Å². The topological polar surface area (TPSA) is 142 Å². The molecule has 1 aromatic carbocycles. The zero-order valence-corrected chi connectivity index (χ0v) is 10.4. The molecule has 1 rings (SSSR count). The molecule has 0 bridgehead atoms. The molecule has 0 aromatic heterocycles. The van der Waals surface area contributed by atoms with Gasteiger partial charge in [-0.3, -0.25) is 0 Å². The summed E-state index contributed by atoms with van der Waals surface area (Å²) < 4.78 is 4.87. The molecule has 20 heavy (non-hydrogen) atoms. The molecular weight excluding hydrogens is 268 g/mol. The third-order valence-corrected chi connectivity index (χ3v) is 2.27. The minimum atomic E-state index is -1.60. The molecule has 8 heteroatoms. The number of benzene rings is 1. The number of nitrogens with two attached hydrogens (primary N) is 1. The van der Waals surface area contributed by atoms with Crippen LogP contribution in [0, 0.1) is 0 Å². The van der Waals surface area contributed by atoms with E-state index in [2.05, 4.69) is 4.99 Å². The number of para-hydroxylation sites is 1. The predicted octanol–water partition coefficient (Wildman–Crippen LogP) is 0.159. The molecule has 0 radical (unpaired) electrons. The molecule has 5 N–H and O–H groups in total. The van der Waals surface area contributed by atoms with Gasteiger partial charge >= 0.3 is 11.9 Å². The number of aliphatic imine (C=N–C) groups is 1. The molecule has 0 aliphatic rings. The fourth-order valence-corrected chi connectivity index (χ4v) is 1.28. The van der Waals surface area contributed by atoms with Crippen molar-refractivity contribution >= 4 is 18.2 Å². The van der Waals surface area contributed by atoms with Crippen LogP contribution in [0.1, 0.15) is 5.56 Å². The third-order valence-electron chi connectivity index (χ3n) is 2.27. The Bertz CT molecular complexity index is 606. The average molecular weight is 280 g/mol. The lowest BCUT2D eigenvalue weighted by Gasteiger charge is -2.05. The van der Waals surface area contributed by atoms with E-state index in [1.54, 1.807) is 6.07 Å². The van der Waals surface area contributed by atoms with Crippen LogP contribution in [0.4, 0.5) is 0 Å². The van der Waals surface area contributed by atoms with Crippen LogP contribution in [-0.4, -0.2) is 40.6 Å². The monoisotopic (exact) mass is 280 g/mol.